The maximum Gasteiger partial charge on any atom is 0.231 e. The number of fused-ring (bicyclic) bond motifs is 1. The highest BCUT2D eigenvalue weighted by molar-refractivity contribution is 9.10. The molecular weight excluding hydrogens is 322 g/mol. The maximum atomic E-state index is 6.23. The number of hydrogen-bond acceptors (Lipinski definition) is 4. The number of rotatable bonds is 3. The van der Waals surface area contributed by atoms with E-state index in [9.17, 15) is 0 Å². The summed E-state index contributed by atoms with van der Waals surface area (Å²) < 4.78 is 13.7. The molecule has 106 valence electrons. The minimum Gasteiger partial charge on any atom is -0.454 e. The van der Waals surface area contributed by atoms with Crippen LogP contribution in [-0.2, 0) is 6.54 Å². The number of imidazole rings is 1. The van der Waals surface area contributed by atoms with Crippen LogP contribution < -0.4 is 15.2 Å². The number of halogens is 1. The summed E-state index contributed by atoms with van der Waals surface area (Å²) in [5.74, 6) is 3.07. The Labute approximate surface area is 125 Å². The second kappa shape index (κ2) is 5.01. The first kappa shape index (κ1) is 13.3. The molecule has 2 N–H and O–H groups in total. The summed E-state index contributed by atoms with van der Waals surface area (Å²) in [6.07, 6.45) is 1.02. The molecule has 0 saturated heterocycles. The average molecular weight is 338 g/mol. The van der Waals surface area contributed by atoms with Crippen LogP contribution in [0.2, 0.25) is 0 Å². The van der Waals surface area contributed by atoms with Gasteiger partial charge in [-0.15, -0.1) is 0 Å². The van der Waals surface area contributed by atoms with Gasteiger partial charge >= 0.3 is 0 Å². The number of ether oxygens (including phenoxy) is 2. The lowest BCUT2D eigenvalue weighted by Crippen LogP contribution is -2.04. The number of benzene rings is 1. The van der Waals surface area contributed by atoms with Crippen molar-refractivity contribution < 1.29 is 9.47 Å². The van der Waals surface area contributed by atoms with Gasteiger partial charge in [0.05, 0.1) is 4.47 Å². The van der Waals surface area contributed by atoms with Crippen LogP contribution in [0.4, 0.5) is 5.82 Å². The Hall–Kier alpha value is -1.69. The summed E-state index contributed by atoms with van der Waals surface area (Å²) in [6, 6.07) is 3.88. The normalized spacial score (nSPS) is 12.9. The Kier molecular flexibility index (Phi) is 3.33. The van der Waals surface area contributed by atoms with Crippen LogP contribution in [0.25, 0.3) is 11.3 Å². The third kappa shape index (κ3) is 2.04. The lowest BCUT2D eigenvalue weighted by Gasteiger charge is -2.06. The first-order valence-electron chi connectivity index (χ1n) is 6.54. The zero-order chi connectivity index (χ0) is 14.3. The van der Waals surface area contributed by atoms with E-state index in [2.05, 4.69) is 27.8 Å². The van der Waals surface area contributed by atoms with E-state index in [-0.39, 0.29) is 6.79 Å². The molecule has 0 atom stereocenters. The summed E-state index contributed by atoms with van der Waals surface area (Å²) in [7, 11) is 0. The minimum atomic E-state index is 0.246. The van der Waals surface area contributed by atoms with Gasteiger partial charge in [0.25, 0.3) is 0 Å². The molecule has 6 heteroatoms. The highest BCUT2D eigenvalue weighted by atomic mass is 79.9. The van der Waals surface area contributed by atoms with Gasteiger partial charge in [0.2, 0.25) is 6.79 Å². The topological polar surface area (TPSA) is 62.3 Å². The van der Waals surface area contributed by atoms with Crippen LogP contribution in [0.15, 0.2) is 16.6 Å². The van der Waals surface area contributed by atoms with Crippen LogP contribution in [0.1, 0.15) is 19.2 Å². The number of aryl methyl sites for hydroxylation is 1. The van der Waals surface area contributed by atoms with Gasteiger partial charge < -0.3 is 19.8 Å². The maximum absolute atomic E-state index is 6.23. The van der Waals surface area contributed by atoms with Crippen molar-refractivity contribution >= 4 is 21.7 Å². The Morgan fingerprint density at radius 2 is 2.20 bits per heavy atom. The Balaban J connectivity index is 2.10. The molecule has 3 rings (SSSR count). The first-order chi connectivity index (χ1) is 9.61. The molecule has 0 amide bonds. The molecule has 20 heavy (non-hydrogen) atoms. The average Bonchev–Trinajstić information content (AvgIpc) is 2.99. The summed E-state index contributed by atoms with van der Waals surface area (Å²) >= 11 is 3.50. The van der Waals surface area contributed by atoms with Crippen LogP contribution >= 0.6 is 15.9 Å². The van der Waals surface area contributed by atoms with Crippen molar-refractivity contribution in [3.05, 3.63) is 22.4 Å². The standard InChI is InChI=1S/C14H16BrN3O2/c1-3-4-18-8(2)17-12(14(18)16)9-5-10(15)13-11(6-9)19-7-20-13/h5-6H,3-4,7,16H2,1-2H3. The molecule has 1 aliphatic heterocycles. The van der Waals surface area contributed by atoms with Crippen molar-refractivity contribution in [2.45, 2.75) is 26.8 Å². The highest BCUT2D eigenvalue weighted by Crippen LogP contribution is 2.43. The van der Waals surface area contributed by atoms with E-state index in [0.717, 1.165) is 46.0 Å². The molecule has 5 nitrogen and oxygen atoms in total. The van der Waals surface area contributed by atoms with E-state index in [1.165, 1.54) is 0 Å². The van der Waals surface area contributed by atoms with Crippen molar-refractivity contribution in [3.8, 4) is 22.8 Å². The molecule has 0 bridgehead atoms. The Morgan fingerprint density at radius 1 is 1.40 bits per heavy atom. The summed E-state index contributed by atoms with van der Waals surface area (Å²) in [5.41, 5.74) is 7.95. The largest absolute Gasteiger partial charge is 0.454 e. The van der Waals surface area contributed by atoms with Crippen molar-refractivity contribution in [1.82, 2.24) is 9.55 Å². The van der Waals surface area contributed by atoms with Crippen molar-refractivity contribution in [2.75, 3.05) is 12.5 Å². The van der Waals surface area contributed by atoms with Gasteiger partial charge in [0, 0.05) is 12.1 Å². The molecule has 2 aromatic rings. The predicted octanol–water partition coefficient (Wildman–Crippen LogP) is 3.34. The number of hydrogen-bond donors (Lipinski definition) is 1. The lowest BCUT2D eigenvalue weighted by molar-refractivity contribution is 0.173. The molecule has 0 fully saturated rings. The quantitative estimate of drug-likeness (QED) is 0.932. The minimum absolute atomic E-state index is 0.246. The SMILES string of the molecule is CCCn1c(C)nc(-c2cc(Br)c3c(c2)OCO3)c1N. The zero-order valence-electron chi connectivity index (χ0n) is 11.4. The number of aromatic nitrogens is 2. The van der Waals surface area contributed by atoms with Crippen molar-refractivity contribution in [3.63, 3.8) is 0 Å². The summed E-state index contributed by atoms with van der Waals surface area (Å²) in [5, 5.41) is 0. The van der Waals surface area contributed by atoms with E-state index in [1.54, 1.807) is 0 Å². The molecule has 1 aromatic carbocycles. The number of anilines is 1. The third-order valence-electron chi connectivity index (χ3n) is 3.35. The molecule has 0 spiro atoms. The second-order valence-electron chi connectivity index (χ2n) is 4.74. The van der Waals surface area contributed by atoms with Gasteiger partial charge in [-0.3, -0.25) is 0 Å². The molecular formula is C14H16BrN3O2. The Morgan fingerprint density at radius 3 is 2.95 bits per heavy atom. The predicted molar refractivity (Wildman–Crippen MR) is 80.9 cm³/mol. The van der Waals surface area contributed by atoms with Crippen molar-refractivity contribution in [1.29, 1.82) is 0 Å². The molecule has 0 unspecified atom stereocenters. The van der Waals surface area contributed by atoms with E-state index < -0.39 is 0 Å². The molecule has 1 aliphatic rings. The molecule has 2 heterocycles. The number of nitrogen functional groups attached to an aromatic ring is 1. The monoisotopic (exact) mass is 337 g/mol. The molecule has 0 saturated carbocycles. The summed E-state index contributed by atoms with van der Waals surface area (Å²) in [6.45, 7) is 5.21. The van der Waals surface area contributed by atoms with Gasteiger partial charge in [0.15, 0.2) is 11.5 Å². The van der Waals surface area contributed by atoms with Gasteiger partial charge in [-0.1, -0.05) is 6.92 Å². The fraction of sp³-hybridized carbons (Fsp3) is 0.357. The van der Waals surface area contributed by atoms with E-state index >= 15 is 0 Å². The third-order valence-corrected chi connectivity index (χ3v) is 3.93. The second-order valence-corrected chi connectivity index (χ2v) is 5.59. The first-order valence-corrected chi connectivity index (χ1v) is 7.33. The van der Waals surface area contributed by atoms with Crippen LogP contribution in [0.3, 0.4) is 0 Å². The van der Waals surface area contributed by atoms with E-state index in [1.807, 2.05) is 23.6 Å². The molecule has 0 aliphatic carbocycles. The van der Waals surface area contributed by atoms with Gasteiger partial charge in [-0.25, -0.2) is 4.98 Å². The number of nitrogens with zero attached hydrogens (tertiary/aromatic N) is 2. The fourth-order valence-electron chi connectivity index (χ4n) is 2.40. The number of nitrogens with two attached hydrogens (primary N) is 1. The highest BCUT2D eigenvalue weighted by Gasteiger charge is 2.21. The van der Waals surface area contributed by atoms with E-state index in [0.29, 0.717) is 5.82 Å². The fourth-order valence-corrected chi connectivity index (χ4v) is 2.96. The van der Waals surface area contributed by atoms with Crippen molar-refractivity contribution in [2.24, 2.45) is 0 Å². The van der Waals surface area contributed by atoms with Crippen LogP contribution in [0, 0.1) is 6.92 Å². The Bertz CT molecular complexity index is 667. The molecule has 0 radical (unpaired) electrons. The van der Waals surface area contributed by atoms with E-state index in [4.69, 9.17) is 15.2 Å². The molecule has 1 aromatic heterocycles. The zero-order valence-corrected chi connectivity index (χ0v) is 13.0. The van der Waals surface area contributed by atoms with Gasteiger partial charge in [0.1, 0.15) is 17.3 Å². The van der Waals surface area contributed by atoms with Crippen LogP contribution in [-0.4, -0.2) is 16.3 Å². The smallest absolute Gasteiger partial charge is 0.231 e. The van der Waals surface area contributed by atoms with Gasteiger partial charge in [-0.2, -0.15) is 0 Å². The summed E-state index contributed by atoms with van der Waals surface area (Å²) in [4.78, 5) is 4.59. The lowest BCUT2D eigenvalue weighted by atomic mass is 10.1. The van der Waals surface area contributed by atoms with Gasteiger partial charge in [-0.05, 0) is 41.4 Å². The van der Waals surface area contributed by atoms with Crippen LogP contribution in [0.5, 0.6) is 11.5 Å².